The minimum absolute atomic E-state index is 0.00875. The van der Waals surface area contributed by atoms with Gasteiger partial charge in [0.05, 0.1) is 29.8 Å². The Morgan fingerprint density at radius 1 is 1.09 bits per heavy atom. The van der Waals surface area contributed by atoms with Crippen molar-refractivity contribution >= 4 is 34.3 Å². The Morgan fingerprint density at radius 2 is 1.81 bits per heavy atom. The summed E-state index contributed by atoms with van der Waals surface area (Å²) in [5.74, 6) is -0.0470. The monoisotopic (exact) mass is 456 g/mol. The maximum Gasteiger partial charge on any atom is 0.262 e. The Bertz CT molecular complexity index is 1140. The lowest BCUT2D eigenvalue weighted by atomic mass is 10.2. The fourth-order valence-corrected chi connectivity index (χ4v) is 4.65. The number of anilines is 1. The first-order chi connectivity index (χ1) is 15.6. The van der Waals surface area contributed by atoms with Crippen LogP contribution in [-0.4, -0.2) is 66.0 Å². The molecule has 7 nitrogen and oxygen atoms in total. The van der Waals surface area contributed by atoms with Gasteiger partial charge in [-0.3, -0.25) is 14.2 Å². The highest BCUT2D eigenvalue weighted by atomic mass is 32.2. The average Bonchev–Trinajstić information content (AvgIpc) is 2.83. The Labute approximate surface area is 189 Å². The molecule has 1 aliphatic heterocycles. The molecule has 168 valence electrons. The van der Waals surface area contributed by atoms with Gasteiger partial charge in [-0.15, -0.1) is 0 Å². The molecular weight excluding hydrogens is 431 g/mol. The molecule has 0 atom stereocenters. The Morgan fingerprint density at radius 3 is 2.53 bits per heavy atom. The number of piperazine rings is 1. The third-order valence-electron chi connectivity index (χ3n) is 5.49. The van der Waals surface area contributed by atoms with Crippen molar-refractivity contribution in [3.05, 3.63) is 64.7 Å². The molecule has 0 saturated carbocycles. The molecule has 0 unspecified atom stereocenters. The van der Waals surface area contributed by atoms with E-state index >= 15 is 0 Å². The number of hydrogen-bond acceptors (Lipinski definition) is 6. The van der Waals surface area contributed by atoms with Gasteiger partial charge in [-0.25, -0.2) is 9.37 Å². The van der Waals surface area contributed by atoms with E-state index in [1.54, 1.807) is 35.9 Å². The summed E-state index contributed by atoms with van der Waals surface area (Å²) in [4.78, 5) is 34.3. The van der Waals surface area contributed by atoms with Crippen LogP contribution >= 0.6 is 11.8 Å². The van der Waals surface area contributed by atoms with E-state index in [0.29, 0.717) is 55.4 Å². The Balaban J connectivity index is 1.41. The van der Waals surface area contributed by atoms with E-state index in [1.165, 1.54) is 23.9 Å². The van der Waals surface area contributed by atoms with Gasteiger partial charge in [0, 0.05) is 39.0 Å². The van der Waals surface area contributed by atoms with Gasteiger partial charge in [-0.2, -0.15) is 0 Å². The number of rotatable bonds is 7. The fourth-order valence-electron chi connectivity index (χ4n) is 3.72. The highest BCUT2D eigenvalue weighted by molar-refractivity contribution is 7.99. The third kappa shape index (κ3) is 4.94. The lowest BCUT2D eigenvalue weighted by Crippen LogP contribution is -2.49. The SMILES string of the molecule is COCCn1c(SCC(=O)N2CCN(c3ccc(F)cc3)CC2)nc2ccccc2c1=O. The van der Waals surface area contributed by atoms with Crippen molar-refractivity contribution in [2.45, 2.75) is 11.7 Å². The van der Waals surface area contributed by atoms with Crippen LogP contribution in [0.5, 0.6) is 0 Å². The van der Waals surface area contributed by atoms with E-state index in [1.807, 2.05) is 17.0 Å². The normalized spacial score (nSPS) is 14.2. The third-order valence-corrected chi connectivity index (χ3v) is 6.46. The molecule has 0 radical (unpaired) electrons. The lowest BCUT2D eigenvalue weighted by Gasteiger charge is -2.36. The van der Waals surface area contributed by atoms with Gasteiger partial charge in [0.1, 0.15) is 5.82 Å². The molecular formula is C23H25FN4O3S. The molecule has 1 aromatic heterocycles. The highest BCUT2D eigenvalue weighted by Crippen LogP contribution is 2.20. The molecule has 9 heteroatoms. The minimum Gasteiger partial charge on any atom is -0.383 e. The van der Waals surface area contributed by atoms with Crippen LogP contribution in [-0.2, 0) is 16.1 Å². The van der Waals surface area contributed by atoms with Gasteiger partial charge in [-0.05, 0) is 36.4 Å². The van der Waals surface area contributed by atoms with Crippen molar-refractivity contribution in [3.63, 3.8) is 0 Å². The van der Waals surface area contributed by atoms with Gasteiger partial charge in [0.2, 0.25) is 5.91 Å². The van der Waals surface area contributed by atoms with Crippen LogP contribution in [0.3, 0.4) is 0 Å². The predicted octanol–water partition coefficient (Wildman–Crippen LogP) is 2.62. The van der Waals surface area contributed by atoms with Crippen LogP contribution in [0.25, 0.3) is 10.9 Å². The molecule has 0 bridgehead atoms. The van der Waals surface area contributed by atoms with Crippen molar-refractivity contribution in [3.8, 4) is 0 Å². The molecule has 3 aromatic rings. The van der Waals surface area contributed by atoms with Crippen molar-refractivity contribution in [2.24, 2.45) is 0 Å². The first-order valence-corrected chi connectivity index (χ1v) is 11.4. The van der Waals surface area contributed by atoms with Crippen LogP contribution in [0.15, 0.2) is 58.5 Å². The van der Waals surface area contributed by atoms with Crippen molar-refractivity contribution in [1.29, 1.82) is 0 Å². The van der Waals surface area contributed by atoms with E-state index in [-0.39, 0.29) is 23.0 Å². The second kappa shape index (κ2) is 10.1. The molecule has 0 aliphatic carbocycles. The summed E-state index contributed by atoms with van der Waals surface area (Å²) in [5, 5.41) is 1.07. The number of nitrogens with zero attached hydrogens (tertiary/aromatic N) is 4. The highest BCUT2D eigenvalue weighted by Gasteiger charge is 2.22. The molecule has 1 amide bonds. The molecule has 0 N–H and O–H groups in total. The number of halogens is 1. The summed E-state index contributed by atoms with van der Waals surface area (Å²) < 4.78 is 19.9. The Kier molecular flexibility index (Phi) is 7.06. The summed E-state index contributed by atoms with van der Waals surface area (Å²) in [5.41, 5.74) is 1.44. The van der Waals surface area contributed by atoms with Crippen molar-refractivity contribution in [1.82, 2.24) is 14.5 Å². The van der Waals surface area contributed by atoms with Gasteiger partial charge in [0.25, 0.3) is 5.56 Å². The smallest absolute Gasteiger partial charge is 0.262 e. The van der Waals surface area contributed by atoms with Crippen LogP contribution in [0.4, 0.5) is 10.1 Å². The first-order valence-electron chi connectivity index (χ1n) is 10.5. The summed E-state index contributed by atoms with van der Waals surface area (Å²) in [7, 11) is 1.58. The molecule has 1 aliphatic rings. The summed E-state index contributed by atoms with van der Waals surface area (Å²) in [6.07, 6.45) is 0. The summed E-state index contributed by atoms with van der Waals surface area (Å²) in [6, 6.07) is 13.6. The predicted molar refractivity (Wildman–Crippen MR) is 124 cm³/mol. The largest absolute Gasteiger partial charge is 0.383 e. The maximum absolute atomic E-state index is 13.1. The molecule has 4 rings (SSSR count). The second-order valence-electron chi connectivity index (χ2n) is 7.49. The van der Waals surface area contributed by atoms with Gasteiger partial charge < -0.3 is 14.5 Å². The molecule has 1 saturated heterocycles. The van der Waals surface area contributed by atoms with E-state index in [4.69, 9.17) is 4.74 Å². The molecule has 32 heavy (non-hydrogen) atoms. The average molecular weight is 457 g/mol. The van der Waals surface area contributed by atoms with Crippen molar-refractivity contribution in [2.75, 3.05) is 50.5 Å². The number of benzene rings is 2. The number of thioether (sulfide) groups is 1. The number of ether oxygens (including phenoxy) is 1. The number of para-hydroxylation sites is 1. The maximum atomic E-state index is 13.1. The number of hydrogen-bond donors (Lipinski definition) is 0. The van der Waals surface area contributed by atoms with Gasteiger partial charge >= 0.3 is 0 Å². The zero-order chi connectivity index (χ0) is 22.5. The number of fused-ring (bicyclic) bond motifs is 1. The van der Waals surface area contributed by atoms with Gasteiger partial charge in [-0.1, -0.05) is 23.9 Å². The number of methoxy groups -OCH3 is 1. The van der Waals surface area contributed by atoms with E-state index in [9.17, 15) is 14.0 Å². The zero-order valence-electron chi connectivity index (χ0n) is 17.9. The molecule has 2 aromatic carbocycles. The van der Waals surface area contributed by atoms with Crippen molar-refractivity contribution < 1.29 is 13.9 Å². The topological polar surface area (TPSA) is 67.7 Å². The molecule has 2 heterocycles. The second-order valence-corrected chi connectivity index (χ2v) is 8.44. The zero-order valence-corrected chi connectivity index (χ0v) is 18.7. The first kappa shape index (κ1) is 22.3. The van der Waals surface area contributed by atoms with Gasteiger partial charge in [0.15, 0.2) is 5.16 Å². The quantitative estimate of drug-likeness (QED) is 0.402. The van der Waals surface area contributed by atoms with Crippen LogP contribution < -0.4 is 10.5 Å². The summed E-state index contributed by atoms with van der Waals surface area (Å²) in [6.45, 7) is 3.33. The molecule has 1 fully saturated rings. The fraction of sp³-hybridized carbons (Fsp3) is 0.348. The number of aromatic nitrogens is 2. The minimum atomic E-state index is -0.258. The van der Waals surface area contributed by atoms with Crippen LogP contribution in [0, 0.1) is 5.82 Å². The summed E-state index contributed by atoms with van der Waals surface area (Å²) >= 11 is 1.28. The van der Waals surface area contributed by atoms with E-state index in [0.717, 1.165) is 5.69 Å². The number of carbonyl (C=O) groups excluding carboxylic acids is 1. The lowest BCUT2D eigenvalue weighted by molar-refractivity contribution is -0.128. The Hall–Kier alpha value is -2.91. The number of carbonyl (C=O) groups is 1. The van der Waals surface area contributed by atoms with Crippen LogP contribution in [0.2, 0.25) is 0 Å². The van der Waals surface area contributed by atoms with E-state index in [2.05, 4.69) is 9.88 Å². The molecule has 0 spiro atoms. The number of amides is 1. The standard InChI is InChI=1S/C23H25FN4O3S/c1-31-15-14-28-22(30)19-4-2-3-5-20(19)25-23(28)32-16-21(29)27-12-10-26(11-13-27)18-8-6-17(24)7-9-18/h2-9H,10-16H2,1H3. The van der Waals surface area contributed by atoms with E-state index < -0.39 is 0 Å². The van der Waals surface area contributed by atoms with Crippen LogP contribution in [0.1, 0.15) is 0 Å².